The summed E-state index contributed by atoms with van der Waals surface area (Å²) in [5, 5.41) is 0. The predicted molar refractivity (Wildman–Crippen MR) is 202 cm³/mol. The highest BCUT2D eigenvalue weighted by Gasteiger charge is 2.55. The number of rotatable bonds is 8. The van der Waals surface area contributed by atoms with Crippen LogP contribution in [0.4, 0.5) is 14.6 Å². The van der Waals surface area contributed by atoms with Crippen molar-refractivity contribution in [3.8, 4) is 5.75 Å². The molecule has 4 N–H and O–H groups in total. The van der Waals surface area contributed by atoms with E-state index >= 15 is 8.78 Å². The van der Waals surface area contributed by atoms with Crippen molar-refractivity contribution >= 4 is 48.8 Å². The van der Waals surface area contributed by atoms with E-state index in [-0.39, 0.29) is 28.5 Å². The van der Waals surface area contributed by atoms with Gasteiger partial charge in [0.1, 0.15) is 42.0 Å². The van der Waals surface area contributed by atoms with Crippen LogP contribution in [0.25, 0.3) is 11.2 Å². The van der Waals surface area contributed by atoms with Crippen LogP contribution in [0.15, 0.2) is 83.0 Å². The Morgan fingerprint density at radius 2 is 1.54 bits per heavy atom. The van der Waals surface area contributed by atoms with Crippen molar-refractivity contribution in [3.63, 3.8) is 0 Å². The number of fused-ring (bicyclic) bond motifs is 5. The number of anilines is 1. The van der Waals surface area contributed by atoms with Gasteiger partial charge in [0.2, 0.25) is 0 Å². The fraction of sp³-hybridized carbons (Fsp3) is 0.353. The summed E-state index contributed by atoms with van der Waals surface area (Å²) < 4.78 is 102. The number of nitrogens with zero attached hydrogens (tertiary/aromatic N) is 5. The smallest absolute Gasteiger partial charge is 0.472 e. The van der Waals surface area contributed by atoms with Crippen molar-refractivity contribution in [1.82, 2.24) is 29.1 Å². The van der Waals surface area contributed by atoms with Gasteiger partial charge in [-0.3, -0.25) is 41.8 Å². The number of benzene rings is 2. The number of aromatic nitrogens is 6. The monoisotopic (exact) mass is 879 g/mol. The molecule has 0 saturated carbocycles. The van der Waals surface area contributed by atoms with Gasteiger partial charge in [0.05, 0.1) is 26.7 Å². The van der Waals surface area contributed by atoms with E-state index in [1.807, 2.05) is 4.98 Å². The van der Waals surface area contributed by atoms with E-state index in [4.69, 9.17) is 38.0 Å². The highest BCUT2D eigenvalue weighted by atomic mass is 32.7. The molecule has 0 spiro atoms. The van der Waals surface area contributed by atoms with E-state index < -0.39 is 88.3 Å². The summed E-state index contributed by atoms with van der Waals surface area (Å²) in [6.45, 7) is -6.54. The molecule has 8 rings (SSSR count). The van der Waals surface area contributed by atoms with Crippen molar-refractivity contribution in [2.75, 3.05) is 26.1 Å². The number of alkyl halides is 2. The molecule has 6 heterocycles. The van der Waals surface area contributed by atoms with Crippen LogP contribution in [0.1, 0.15) is 33.9 Å². The molecule has 2 unspecified atom stereocenters. The maximum absolute atomic E-state index is 16.4. The standard InChI is InChI=1S/C34H33F2N7O13P2S/c1-50-20-8-6-19(7-9-20)27(45)18-4-2-17(3-5-18)14-59-58(49)52-13-22-24(35)28(33(54-22)43-16-40-26-30(37)38-15-39-31(26)43)55-57(47,48)51-12-21-25(36)29(56-58)32(53-21)42-11-10-23(44)41-34(42)46/h2-11,15-16,21-22,24-25,28-29,32-33H,12-14H2,1H3,(H,47,48)(H2,37,38,39)(H,41,44,46)/t21-,22-,24-,25-,28-,29-,32-,33-,58?/m1/s1. The number of hydrogen-bond donors (Lipinski definition) is 3. The number of carbonyl (C=O) groups is 1. The number of methoxy groups -OCH3 is 1. The van der Waals surface area contributed by atoms with E-state index in [0.29, 0.717) is 33.8 Å². The molecule has 25 heteroatoms. The molecular formula is C34H33F2N7O13P2S. The lowest BCUT2D eigenvalue weighted by atomic mass is 10.0. The second-order valence-corrected chi connectivity index (χ2v) is 18.7. The van der Waals surface area contributed by atoms with Crippen LogP contribution in [0.3, 0.4) is 0 Å². The molecule has 10 atom stereocenters. The maximum Gasteiger partial charge on any atom is 0.472 e. The minimum Gasteiger partial charge on any atom is -0.497 e. The van der Waals surface area contributed by atoms with Crippen molar-refractivity contribution in [2.24, 2.45) is 0 Å². The SMILES string of the molecule is COc1ccc(C(=O)c2ccc(CSP3(=O)OC[C@H]4O[C@@H](n5cnc6c(N)ncnc65)[C@H](OP(=O)(O)OC[C@H]5O[C@@H](n6ccc(=O)[nH]c6=O)[C@H](O3)[C@@H]5F)[C@@H]4F)cc2)cc1. The topological polar surface area (TPSA) is 261 Å². The summed E-state index contributed by atoms with van der Waals surface area (Å²) in [6.07, 6.45) is -11.9. The lowest BCUT2D eigenvalue weighted by molar-refractivity contribution is -0.0648. The second kappa shape index (κ2) is 16.4. The molecule has 312 valence electrons. The summed E-state index contributed by atoms with van der Waals surface area (Å²) >= 11 is 0.574. The van der Waals surface area contributed by atoms with Crippen molar-refractivity contribution in [3.05, 3.63) is 111 Å². The van der Waals surface area contributed by atoms with E-state index in [2.05, 4.69) is 15.0 Å². The number of aromatic amines is 1. The third-order valence-electron chi connectivity index (χ3n) is 9.58. The molecule has 0 amide bonds. The third kappa shape index (κ3) is 8.40. The molecule has 3 aliphatic rings. The van der Waals surface area contributed by atoms with Gasteiger partial charge in [0.15, 0.2) is 42.0 Å². The molecule has 0 radical (unpaired) electrons. The molecule has 20 nitrogen and oxygen atoms in total. The van der Waals surface area contributed by atoms with Crippen molar-refractivity contribution in [2.45, 2.75) is 55.0 Å². The lowest BCUT2D eigenvalue weighted by Crippen LogP contribution is -2.38. The Kier molecular flexibility index (Phi) is 11.4. The first-order valence-corrected chi connectivity index (χ1v) is 22.2. The number of halogens is 2. The summed E-state index contributed by atoms with van der Waals surface area (Å²) in [5.74, 6) is 0.156. The number of phosphoric acid groups is 1. The Hall–Kier alpha value is -4.67. The number of hydrogen-bond acceptors (Lipinski definition) is 17. The molecule has 5 aromatic rings. The Bertz CT molecular complexity index is 2580. The first-order valence-electron chi connectivity index (χ1n) is 17.6. The zero-order chi connectivity index (χ0) is 41.6. The van der Waals surface area contributed by atoms with Gasteiger partial charge in [-0.1, -0.05) is 24.3 Å². The van der Waals surface area contributed by atoms with E-state index in [1.165, 1.54) is 18.0 Å². The number of ketones is 1. The van der Waals surface area contributed by atoms with Gasteiger partial charge in [0.25, 0.3) is 5.56 Å². The zero-order valence-electron chi connectivity index (χ0n) is 30.4. The number of ether oxygens (including phenoxy) is 3. The van der Waals surface area contributed by atoms with Gasteiger partial charge < -0.3 is 24.8 Å². The summed E-state index contributed by atoms with van der Waals surface area (Å²) in [4.78, 5) is 62.7. The first kappa shape index (κ1) is 41.1. The van der Waals surface area contributed by atoms with Crippen molar-refractivity contribution < 1.29 is 59.9 Å². The van der Waals surface area contributed by atoms with Crippen LogP contribution >= 0.6 is 26.0 Å². The number of nitrogen functional groups attached to an aromatic ring is 1. The first-order chi connectivity index (χ1) is 28.2. The largest absolute Gasteiger partial charge is 0.497 e. The summed E-state index contributed by atoms with van der Waals surface area (Å²) in [6, 6.07) is 13.8. The molecule has 3 saturated heterocycles. The Labute approximate surface area is 334 Å². The number of carbonyl (C=O) groups excluding carboxylic acids is 1. The number of H-pyrrole nitrogens is 1. The average Bonchev–Trinajstić information content (AvgIpc) is 3.88. The van der Waals surface area contributed by atoms with Crippen LogP contribution in [-0.2, 0) is 42.5 Å². The lowest BCUT2D eigenvalue weighted by Gasteiger charge is -2.27. The predicted octanol–water partition coefficient (Wildman–Crippen LogP) is 3.63. The van der Waals surface area contributed by atoms with Crippen LogP contribution in [0, 0.1) is 0 Å². The highest BCUT2D eigenvalue weighted by molar-refractivity contribution is 8.54. The molecule has 3 aliphatic heterocycles. The van der Waals surface area contributed by atoms with Crippen molar-refractivity contribution in [1.29, 1.82) is 0 Å². The van der Waals surface area contributed by atoms with Gasteiger partial charge in [-0.05, 0) is 41.2 Å². The Morgan fingerprint density at radius 3 is 2.20 bits per heavy atom. The van der Waals surface area contributed by atoms with Gasteiger partial charge in [-0.15, -0.1) is 0 Å². The minimum absolute atomic E-state index is 0.0256. The average molecular weight is 880 g/mol. The van der Waals surface area contributed by atoms with E-state index in [9.17, 15) is 28.4 Å². The molecule has 0 aliphatic carbocycles. The summed E-state index contributed by atoms with van der Waals surface area (Å²) in [7, 11) is -3.76. The fourth-order valence-electron chi connectivity index (χ4n) is 6.59. The fourth-order valence-corrected chi connectivity index (χ4v) is 10.9. The van der Waals surface area contributed by atoms with Gasteiger partial charge in [-0.25, -0.2) is 37.7 Å². The van der Waals surface area contributed by atoms with E-state index in [0.717, 1.165) is 23.2 Å². The van der Waals surface area contributed by atoms with Gasteiger partial charge in [-0.2, -0.15) is 0 Å². The van der Waals surface area contributed by atoms with Crippen LogP contribution < -0.4 is 21.7 Å². The van der Waals surface area contributed by atoms with Gasteiger partial charge >= 0.3 is 20.3 Å². The Morgan fingerprint density at radius 1 is 0.915 bits per heavy atom. The maximum atomic E-state index is 16.4. The summed E-state index contributed by atoms with van der Waals surface area (Å²) in [5.41, 5.74) is 5.50. The molecule has 3 aromatic heterocycles. The molecular weight excluding hydrogens is 846 g/mol. The number of nitrogens with one attached hydrogen (secondary N) is 1. The molecule has 2 aromatic carbocycles. The second-order valence-electron chi connectivity index (χ2n) is 13.3. The zero-order valence-corrected chi connectivity index (χ0v) is 33.0. The van der Waals surface area contributed by atoms with Crippen LogP contribution in [0.5, 0.6) is 5.75 Å². The Balaban J connectivity index is 1.10. The minimum atomic E-state index is -5.26. The molecule has 4 bridgehead atoms. The van der Waals surface area contributed by atoms with E-state index in [1.54, 1.807) is 48.5 Å². The van der Waals surface area contributed by atoms with Gasteiger partial charge in [0, 0.05) is 29.1 Å². The number of nitrogens with two attached hydrogens (primary N) is 1. The van der Waals surface area contributed by atoms with Crippen LogP contribution in [-0.4, -0.2) is 96.8 Å². The number of imidazole rings is 1. The normalized spacial score (nSPS) is 31.2. The third-order valence-corrected chi connectivity index (χ3v) is 14.2. The quantitative estimate of drug-likeness (QED) is 0.148. The number of phosphoric ester groups is 1. The highest BCUT2D eigenvalue weighted by Crippen LogP contribution is 2.65. The molecule has 59 heavy (non-hydrogen) atoms. The van der Waals surface area contributed by atoms with Crippen LogP contribution in [0.2, 0.25) is 0 Å². The molecule has 3 fully saturated rings.